The van der Waals surface area contributed by atoms with Crippen LogP contribution in [0.4, 0.5) is 17.3 Å². The first-order valence-corrected chi connectivity index (χ1v) is 5.46. The molecule has 0 aliphatic rings. The number of hydrogen-bond donors (Lipinski definition) is 0. The Morgan fingerprint density at radius 1 is 1.32 bits per heavy atom. The Kier molecular flexibility index (Phi) is 3.50. The van der Waals surface area contributed by atoms with Gasteiger partial charge in [-0.15, -0.1) is 0 Å². The summed E-state index contributed by atoms with van der Waals surface area (Å²) < 4.78 is 57.8. The molecule has 0 aliphatic carbocycles. The summed E-state index contributed by atoms with van der Waals surface area (Å²) in [6, 6.07) is 2.36. The van der Waals surface area contributed by atoms with Gasteiger partial charge in [0.2, 0.25) is 0 Å². The van der Waals surface area contributed by atoms with Crippen LogP contribution in [0.2, 0.25) is 0 Å². The smallest absolute Gasteiger partial charge is 0.492 e. The van der Waals surface area contributed by atoms with Crippen molar-refractivity contribution < 1.29 is 22.1 Å². The molecule has 0 atom stereocenters. The molecule has 0 bridgehead atoms. The standard InChI is InChI=1S/C11H10BF4N2O/c1-18-6-8(5-17-18)7-19-11-3-2-9(13)4-10(11)12(14,15)16/h2-6H,7H2,1H3/q-1. The van der Waals surface area contributed by atoms with Crippen molar-refractivity contribution in [3.63, 3.8) is 0 Å². The maximum absolute atomic E-state index is 12.9. The van der Waals surface area contributed by atoms with E-state index in [9.17, 15) is 17.3 Å². The molecule has 2 rings (SSSR count). The maximum Gasteiger partial charge on any atom is 0.513 e. The highest BCUT2D eigenvalue weighted by Crippen LogP contribution is 2.19. The molecule has 0 radical (unpaired) electrons. The fourth-order valence-electron chi connectivity index (χ4n) is 1.61. The van der Waals surface area contributed by atoms with Crippen LogP contribution in [0.1, 0.15) is 5.56 Å². The number of hydrogen-bond acceptors (Lipinski definition) is 2. The van der Waals surface area contributed by atoms with Gasteiger partial charge in [-0.05, 0) is 18.2 Å². The van der Waals surface area contributed by atoms with Gasteiger partial charge in [0.25, 0.3) is 0 Å². The Balaban J connectivity index is 2.20. The van der Waals surface area contributed by atoms with Gasteiger partial charge < -0.3 is 17.7 Å². The maximum atomic E-state index is 12.9. The predicted octanol–water partition coefficient (Wildman–Crippen LogP) is 2.19. The number of rotatable bonds is 4. The van der Waals surface area contributed by atoms with E-state index in [2.05, 4.69) is 5.10 Å². The summed E-state index contributed by atoms with van der Waals surface area (Å²) in [6.07, 6.45) is 3.11. The Bertz CT molecular complexity index is 582. The SMILES string of the molecule is Cn1cc(COc2ccc(F)cc2[B-](F)(F)F)cn1. The highest BCUT2D eigenvalue weighted by molar-refractivity contribution is 6.74. The summed E-state index contributed by atoms with van der Waals surface area (Å²) >= 11 is 0. The molecule has 0 N–H and O–H groups in total. The van der Waals surface area contributed by atoms with E-state index in [0.717, 1.165) is 12.1 Å². The largest absolute Gasteiger partial charge is 0.513 e. The van der Waals surface area contributed by atoms with E-state index >= 15 is 0 Å². The summed E-state index contributed by atoms with van der Waals surface area (Å²) in [4.78, 5) is 0. The van der Waals surface area contributed by atoms with Crippen LogP contribution < -0.4 is 10.2 Å². The summed E-state index contributed by atoms with van der Waals surface area (Å²) in [6.45, 7) is -5.38. The molecule has 8 heteroatoms. The van der Waals surface area contributed by atoms with E-state index < -0.39 is 18.3 Å². The van der Waals surface area contributed by atoms with Crippen molar-refractivity contribution in [1.29, 1.82) is 0 Å². The average Bonchev–Trinajstić information content (AvgIpc) is 2.72. The zero-order valence-corrected chi connectivity index (χ0v) is 9.99. The normalized spacial score (nSPS) is 11.6. The third-order valence-corrected chi connectivity index (χ3v) is 2.48. The van der Waals surface area contributed by atoms with Crippen LogP contribution >= 0.6 is 0 Å². The number of nitrogens with zero attached hydrogens (tertiary/aromatic N) is 2. The van der Waals surface area contributed by atoms with Gasteiger partial charge in [0.05, 0.1) is 11.9 Å². The third kappa shape index (κ3) is 3.27. The fourth-order valence-corrected chi connectivity index (χ4v) is 1.61. The van der Waals surface area contributed by atoms with Gasteiger partial charge in [-0.3, -0.25) is 4.68 Å². The van der Waals surface area contributed by atoms with E-state index in [0.29, 0.717) is 11.6 Å². The molecule has 3 nitrogen and oxygen atoms in total. The molecule has 102 valence electrons. The van der Waals surface area contributed by atoms with E-state index in [-0.39, 0.29) is 12.4 Å². The minimum absolute atomic E-state index is 0.0569. The van der Waals surface area contributed by atoms with Crippen LogP contribution in [0.25, 0.3) is 0 Å². The van der Waals surface area contributed by atoms with Crippen molar-refractivity contribution in [2.75, 3.05) is 0 Å². The third-order valence-electron chi connectivity index (χ3n) is 2.48. The van der Waals surface area contributed by atoms with Crippen molar-refractivity contribution in [3.8, 4) is 5.75 Å². The first kappa shape index (κ1) is 13.4. The van der Waals surface area contributed by atoms with Crippen LogP contribution in [0, 0.1) is 5.82 Å². The van der Waals surface area contributed by atoms with Gasteiger partial charge in [0, 0.05) is 18.8 Å². The molecule has 1 heterocycles. The lowest BCUT2D eigenvalue weighted by molar-refractivity contribution is 0.306. The molecule has 0 saturated carbocycles. The average molecular weight is 273 g/mol. The number of ether oxygens (including phenoxy) is 1. The zero-order valence-electron chi connectivity index (χ0n) is 9.99. The first-order valence-electron chi connectivity index (χ1n) is 5.46. The summed E-state index contributed by atoms with van der Waals surface area (Å²) in [7, 11) is 1.69. The number of aryl methyl sites for hydroxylation is 1. The van der Waals surface area contributed by atoms with E-state index in [1.165, 1.54) is 10.9 Å². The van der Waals surface area contributed by atoms with Crippen molar-refractivity contribution in [2.45, 2.75) is 6.61 Å². The topological polar surface area (TPSA) is 27.1 Å². The molecule has 2 aromatic rings. The van der Waals surface area contributed by atoms with Crippen molar-refractivity contribution in [2.24, 2.45) is 7.05 Å². The van der Waals surface area contributed by atoms with Gasteiger partial charge in [-0.1, -0.05) is 5.46 Å². The van der Waals surface area contributed by atoms with Gasteiger partial charge >= 0.3 is 6.98 Å². The molecule has 0 unspecified atom stereocenters. The number of halogens is 4. The Labute approximate surface area is 106 Å². The quantitative estimate of drug-likeness (QED) is 0.630. The molecular weight excluding hydrogens is 263 g/mol. The molecular formula is C11H10BF4N2O-. The second-order valence-electron chi connectivity index (χ2n) is 4.07. The Hall–Kier alpha value is -1.99. The molecule has 19 heavy (non-hydrogen) atoms. The molecule has 0 saturated heterocycles. The van der Waals surface area contributed by atoms with Crippen molar-refractivity contribution >= 4 is 12.4 Å². The van der Waals surface area contributed by atoms with Crippen LogP contribution in [0.3, 0.4) is 0 Å². The minimum atomic E-state index is -5.32. The Morgan fingerprint density at radius 3 is 2.63 bits per heavy atom. The van der Waals surface area contributed by atoms with Gasteiger partial charge in [-0.25, -0.2) is 4.39 Å². The lowest BCUT2D eigenvalue weighted by atomic mass is 9.79. The van der Waals surface area contributed by atoms with Crippen molar-refractivity contribution in [1.82, 2.24) is 9.78 Å². The van der Waals surface area contributed by atoms with Gasteiger partial charge in [-0.2, -0.15) is 5.10 Å². The fraction of sp³-hybridized carbons (Fsp3) is 0.182. The van der Waals surface area contributed by atoms with Crippen LogP contribution in [0.5, 0.6) is 5.75 Å². The lowest BCUT2D eigenvalue weighted by Crippen LogP contribution is -2.35. The predicted molar refractivity (Wildman–Crippen MR) is 62.7 cm³/mol. The van der Waals surface area contributed by atoms with E-state index in [1.807, 2.05) is 0 Å². The monoisotopic (exact) mass is 273 g/mol. The van der Waals surface area contributed by atoms with Gasteiger partial charge in [0.1, 0.15) is 12.4 Å². The number of benzene rings is 1. The zero-order chi connectivity index (χ0) is 14.0. The molecule has 0 fully saturated rings. The second-order valence-corrected chi connectivity index (χ2v) is 4.07. The molecule has 0 spiro atoms. The first-order chi connectivity index (χ1) is 8.86. The second kappa shape index (κ2) is 4.95. The lowest BCUT2D eigenvalue weighted by Gasteiger charge is -2.19. The summed E-state index contributed by atoms with van der Waals surface area (Å²) in [5.41, 5.74) is -0.434. The molecule has 0 aliphatic heterocycles. The van der Waals surface area contributed by atoms with Crippen LogP contribution in [-0.2, 0) is 13.7 Å². The molecule has 1 aromatic heterocycles. The molecule has 0 amide bonds. The van der Waals surface area contributed by atoms with Gasteiger partial charge in [0.15, 0.2) is 0 Å². The minimum Gasteiger partial charge on any atom is -0.492 e. The van der Waals surface area contributed by atoms with E-state index in [4.69, 9.17) is 4.74 Å². The highest BCUT2D eigenvalue weighted by Gasteiger charge is 2.29. The summed E-state index contributed by atoms with van der Waals surface area (Å²) in [5, 5.41) is 3.87. The summed E-state index contributed by atoms with van der Waals surface area (Å²) in [5.74, 6) is -1.32. The Morgan fingerprint density at radius 2 is 2.05 bits per heavy atom. The number of aromatic nitrogens is 2. The van der Waals surface area contributed by atoms with Crippen molar-refractivity contribution in [3.05, 3.63) is 42.0 Å². The molecule has 1 aromatic carbocycles. The van der Waals surface area contributed by atoms with Crippen LogP contribution in [0.15, 0.2) is 30.6 Å². The van der Waals surface area contributed by atoms with Crippen LogP contribution in [-0.4, -0.2) is 16.8 Å². The van der Waals surface area contributed by atoms with E-state index in [1.54, 1.807) is 13.2 Å². The highest BCUT2D eigenvalue weighted by atomic mass is 19.4.